The van der Waals surface area contributed by atoms with E-state index in [-0.39, 0.29) is 23.2 Å². The van der Waals surface area contributed by atoms with E-state index in [0.29, 0.717) is 23.8 Å². The third-order valence-corrected chi connectivity index (χ3v) is 5.77. The molecular formula is C20H29N7O3. The fourth-order valence-corrected chi connectivity index (χ4v) is 3.85. The highest BCUT2D eigenvalue weighted by Crippen LogP contribution is 2.34. The SMILES string of the molecule is CNc1cc(N(C)Cc2ncnn2C)c(C(=O)NC2CCC(C)CC2)cc1[N+](=O)[O-]. The molecule has 3 rings (SSSR count). The lowest BCUT2D eigenvalue weighted by atomic mass is 9.87. The topological polar surface area (TPSA) is 118 Å². The van der Waals surface area contributed by atoms with Crippen LogP contribution in [0, 0.1) is 16.0 Å². The van der Waals surface area contributed by atoms with Gasteiger partial charge in [-0.15, -0.1) is 0 Å². The Morgan fingerprint density at radius 3 is 2.60 bits per heavy atom. The van der Waals surface area contributed by atoms with Gasteiger partial charge in [0.25, 0.3) is 11.6 Å². The van der Waals surface area contributed by atoms with E-state index in [4.69, 9.17) is 0 Å². The number of nitro groups is 1. The maximum Gasteiger partial charge on any atom is 0.293 e. The van der Waals surface area contributed by atoms with Gasteiger partial charge in [0, 0.05) is 33.3 Å². The molecule has 0 saturated heterocycles. The molecule has 2 N–H and O–H groups in total. The molecule has 1 saturated carbocycles. The molecule has 1 aromatic carbocycles. The fraction of sp³-hybridized carbons (Fsp3) is 0.550. The summed E-state index contributed by atoms with van der Waals surface area (Å²) in [6.07, 6.45) is 5.46. The predicted molar refractivity (Wildman–Crippen MR) is 115 cm³/mol. The maximum absolute atomic E-state index is 13.1. The molecule has 10 nitrogen and oxygen atoms in total. The van der Waals surface area contributed by atoms with Crippen molar-refractivity contribution in [3.05, 3.63) is 40.0 Å². The van der Waals surface area contributed by atoms with E-state index in [0.717, 1.165) is 31.5 Å². The van der Waals surface area contributed by atoms with Gasteiger partial charge >= 0.3 is 0 Å². The average molecular weight is 415 g/mol. The summed E-state index contributed by atoms with van der Waals surface area (Å²) >= 11 is 0. The van der Waals surface area contributed by atoms with E-state index in [1.165, 1.54) is 12.4 Å². The molecule has 0 spiro atoms. The van der Waals surface area contributed by atoms with Gasteiger partial charge in [-0.3, -0.25) is 19.6 Å². The second-order valence-corrected chi connectivity index (χ2v) is 7.98. The second kappa shape index (κ2) is 9.10. The van der Waals surface area contributed by atoms with Gasteiger partial charge in [0.15, 0.2) is 0 Å². The number of amides is 1. The van der Waals surface area contributed by atoms with Crippen LogP contribution >= 0.6 is 0 Å². The van der Waals surface area contributed by atoms with Crippen LogP contribution in [-0.2, 0) is 13.6 Å². The lowest BCUT2D eigenvalue weighted by molar-refractivity contribution is -0.383. The minimum atomic E-state index is -0.475. The minimum absolute atomic E-state index is 0.0913. The first-order chi connectivity index (χ1) is 14.3. The zero-order valence-electron chi connectivity index (χ0n) is 17.9. The largest absolute Gasteiger partial charge is 0.383 e. The number of nitrogens with zero attached hydrogens (tertiary/aromatic N) is 5. The molecule has 0 aliphatic heterocycles. The lowest BCUT2D eigenvalue weighted by Crippen LogP contribution is -2.38. The monoisotopic (exact) mass is 415 g/mol. The normalized spacial score (nSPS) is 18.7. The fourth-order valence-electron chi connectivity index (χ4n) is 3.85. The van der Waals surface area contributed by atoms with E-state index in [1.54, 1.807) is 24.8 Å². The first kappa shape index (κ1) is 21.5. The molecule has 1 amide bonds. The number of hydrogen-bond donors (Lipinski definition) is 2. The van der Waals surface area contributed by atoms with Crippen LogP contribution in [0.1, 0.15) is 48.8 Å². The molecule has 1 fully saturated rings. The molecule has 1 aliphatic carbocycles. The number of nitrogens with one attached hydrogen (secondary N) is 2. The average Bonchev–Trinajstić information content (AvgIpc) is 3.12. The van der Waals surface area contributed by atoms with Gasteiger partial charge in [0.05, 0.1) is 22.7 Å². The van der Waals surface area contributed by atoms with Crippen molar-refractivity contribution in [3.63, 3.8) is 0 Å². The highest BCUT2D eigenvalue weighted by molar-refractivity contribution is 6.02. The summed E-state index contributed by atoms with van der Waals surface area (Å²) in [6, 6.07) is 3.09. The third-order valence-electron chi connectivity index (χ3n) is 5.77. The summed E-state index contributed by atoms with van der Waals surface area (Å²) < 4.78 is 1.66. The van der Waals surface area contributed by atoms with E-state index >= 15 is 0 Å². The van der Waals surface area contributed by atoms with Gasteiger partial charge in [-0.25, -0.2) is 4.98 Å². The lowest BCUT2D eigenvalue weighted by Gasteiger charge is -2.28. The Morgan fingerprint density at radius 2 is 2.03 bits per heavy atom. The number of aryl methyl sites for hydroxylation is 1. The van der Waals surface area contributed by atoms with E-state index in [9.17, 15) is 14.9 Å². The van der Waals surface area contributed by atoms with Gasteiger partial charge in [-0.1, -0.05) is 6.92 Å². The quantitative estimate of drug-likeness (QED) is 0.527. The van der Waals surface area contributed by atoms with Crippen molar-refractivity contribution in [3.8, 4) is 0 Å². The van der Waals surface area contributed by atoms with Crippen LogP contribution in [0.2, 0.25) is 0 Å². The first-order valence-corrected chi connectivity index (χ1v) is 10.1. The van der Waals surface area contributed by atoms with Crippen molar-refractivity contribution in [2.24, 2.45) is 13.0 Å². The molecule has 30 heavy (non-hydrogen) atoms. The molecule has 0 bridgehead atoms. The molecule has 0 atom stereocenters. The molecule has 1 aliphatic rings. The van der Waals surface area contributed by atoms with Crippen LogP contribution in [-0.4, -0.2) is 45.7 Å². The first-order valence-electron chi connectivity index (χ1n) is 10.1. The van der Waals surface area contributed by atoms with Gasteiger partial charge < -0.3 is 15.5 Å². The molecule has 2 aromatic rings. The van der Waals surface area contributed by atoms with Crippen molar-refractivity contribution in [2.75, 3.05) is 24.3 Å². The summed E-state index contributed by atoms with van der Waals surface area (Å²) in [5.41, 5.74) is 1.09. The zero-order valence-corrected chi connectivity index (χ0v) is 17.9. The standard InChI is InChI=1S/C20H29N7O3/c1-13-5-7-14(8-6-13)24-20(28)15-9-18(27(29)30)16(21-2)10-17(15)25(3)11-19-22-12-23-26(19)4/h9-10,12-14,21H,5-8,11H2,1-4H3,(H,24,28). The Bertz CT molecular complexity index is 919. The van der Waals surface area contributed by atoms with Crippen molar-refractivity contribution >= 4 is 23.0 Å². The Labute approximate surface area is 175 Å². The number of hydrogen-bond acceptors (Lipinski definition) is 7. The number of nitro benzene ring substituents is 1. The number of carbonyl (C=O) groups is 1. The highest BCUT2D eigenvalue weighted by Gasteiger charge is 2.26. The van der Waals surface area contributed by atoms with Gasteiger partial charge in [0.2, 0.25) is 0 Å². The molecule has 0 radical (unpaired) electrons. The van der Waals surface area contributed by atoms with Crippen molar-refractivity contribution in [1.82, 2.24) is 20.1 Å². The van der Waals surface area contributed by atoms with E-state index in [1.807, 2.05) is 11.9 Å². The summed E-state index contributed by atoms with van der Waals surface area (Å²) in [6.45, 7) is 2.62. The van der Waals surface area contributed by atoms with Crippen molar-refractivity contribution in [1.29, 1.82) is 0 Å². The number of benzene rings is 1. The molecule has 10 heteroatoms. The highest BCUT2D eigenvalue weighted by atomic mass is 16.6. The molecule has 162 valence electrons. The smallest absolute Gasteiger partial charge is 0.293 e. The zero-order chi connectivity index (χ0) is 21.8. The summed E-state index contributed by atoms with van der Waals surface area (Å²) in [5.74, 6) is 1.09. The molecule has 1 heterocycles. The summed E-state index contributed by atoms with van der Waals surface area (Å²) in [4.78, 5) is 30.3. The Morgan fingerprint density at radius 1 is 1.33 bits per heavy atom. The number of anilines is 2. The van der Waals surface area contributed by atoms with Crippen LogP contribution in [0.5, 0.6) is 0 Å². The number of carbonyl (C=O) groups excluding carboxylic acids is 1. The summed E-state index contributed by atoms with van der Waals surface area (Å²) in [7, 11) is 5.24. The summed E-state index contributed by atoms with van der Waals surface area (Å²) in [5, 5.41) is 21.6. The third kappa shape index (κ3) is 4.69. The van der Waals surface area contributed by atoms with Crippen LogP contribution in [0.15, 0.2) is 18.5 Å². The minimum Gasteiger partial charge on any atom is -0.383 e. The van der Waals surface area contributed by atoms with Crippen LogP contribution < -0.4 is 15.5 Å². The number of rotatable bonds is 7. The Balaban J connectivity index is 1.93. The van der Waals surface area contributed by atoms with Gasteiger partial charge in [-0.2, -0.15) is 5.10 Å². The Kier molecular flexibility index (Phi) is 6.53. The molecular weight excluding hydrogens is 386 g/mol. The predicted octanol–water partition coefficient (Wildman–Crippen LogP) is 2.71. The van der Waals surface area contributed by atoms with Crippen LogP contribution in [0.4, 0.5) is 17.1 Å². The van der Waals surface area contributed by atoms with E-state index < -0.39 is 4.92 Å². The van der Waals surface area contributed by atoms with Gasteiger partial charge in [-0.05, 0) is 37.7 Å². The van der Waals surface area contributed by atoms with Crippen molar-refractivity contribution in [2.45, 2.75) is 45.2 Å². The Hall–Kier alpha value is -3.17. The second-order valence-electron chi connectivity index (χ2n) is 7.98. The number of aromatic nitrogens is 3. The molecule has 1 aromatic heterocycles. The van der Waals surface area contributed by atoms with Crippen LogP contribution in [0.25, 0.3) is 0 Å². The maximum atomic E-state index is 13.1. The van der Waals surface area contributed by atoms with Crippen LogP contribution in [0.3, 0.4) is 0 Å². The van der Waals surface area contributed by atoms with Gasteiger partial charge in [0.1, 0.15) is 17.8 Å². The molecule has 0 unspecified atom stereocenters. The van der Waals surface area contributed by atoms with Crippen molar-refractivity contribution < 1.29 is 9.72 Å². The van der Waals surface area contributed by atoms with E-state index in [2.05, 4.69) is 27.6 Å².